The summed E-state index contributed by atoms with van der Waals surface area (Å²) in [5.41, 5.74) is 2.47. The van der Waals surface area contributed by atoms with Gasteiger partial charge in [-0.25, -0.2) is 13.1 Å². The second-order valence-corrected chi connectivity index (χ2v) is 8.80. The van der Waals surface area contributed by atoms with Gasteiger partial charge in [0.15, 0.2) is 6.61 Å². The molecule has 26 heavy (non-hydrogen) atoms. The van der Waals surface area contributed by atoms with Crippen LogP contribution in [0, 0.1) is 13.8 Å². The molecule has 0 amide bonds. The van der Waals surface area contributed by atoms with Gasteiger partial charge in [0.25, 0.3) is 0 Å². The molecule has 1 aromatic heterocycles. The Morgan fingerprint density at radius 2 is 2.00 bits per heavy atom. The predicted octanol–water partition coefficient (Wildman–Crippen LogP) is 2.27. The van der Waals surface area contributed by atoms with Gasteiger partial charge in [-0.3, -0.25) is 9.59 Å². The highest BCUT2D eigenvalue weighted by Gasteiger charge is 2.29. The largest absolute Gasteiger partial charge is 0.456 e. The normalized spacial score (nSPS) is 15.7. The molecule has 0 spiro atoms. The molecule has 0 radical (unpaired) electrons. The number of sulfonamides is 1. The molecular formula is C18H28N2O5S. The van der Waals surface area contributed by atoms with E-state index in [9.17, 15) is 18.0 Å². The molecule has 0 bridgehead atoms. The van der Waals surface area contributed by atoms with Gasteiger partial charge in [-0.05, 0) is 46.1 Å². The van der Waals surface area contributed by atoms with E-state index in [0.29, 0.717) is 18.0 Å². The van der Waals surface area contributed by atoms with Crippen LogP contribution in [0.15, 0.2) is 6.07 Å². The number of hydrogen-bond acceptors (Lipinski definition) is 5. The molecule has 146 valence electrons. The molecule has 1 aromatic rings. The molecule has 1 aliphatic rings. The Hall–Kier alpha value is -1.67. The molecule has 1 saturated carbocycles. The van der Waals surface area contributed by atoms with Gasteiger partial charge in [0.05, 0.1) is 5.75 Å². The summed E-state index contributed by atoms with van der Waals surface area (Å²) >= 11 is 0. The summed E-state index contributed by atoms with van der Waals surface area (Å²) in [6.45, 7) is 6.76. The summed E-state index contributed by atoms with van der Waals surface area (Å²) in [6, 6.07) is 1.26. The number of esters is 1. The quantitative estimate of drug-likeness (QED) is 0.493. The zero-order chi connectivity index (χ0) is 19.5. The maximum Gasteiger partial charge on any atom is 0.324 e. The van der Waals surface area contributed by atoms with Crippen molar-refractivity contribution in [3.05, 3.63) is 23.0 Å². The van der Waals surface area contributed by atoms with E-state index >= 15 is 0 Å². The van der Waals surface area contributed by atoms with Crippen molar-refractivity contribution in [2.45, 2.75) is 65.5 Å². The Labute approximate surface area is 155 Å². The summed E-state index contributed by atoms with van der Waals surface area (Å²) < 4.78 is 33.1. The highest BCUT2D eigenvalue weighted by molar-refractivity contribution is 7.89. The lowest BCUT2D eigenvalue weighted by Crippen LogP contribution is -2.41. The monoisotopic (exact) mass is 384 g/mol. The van der Waals surface area contributed by atoms with Crippen molar-refractivity contribution < 1.29 is 22.7 Å². The molecule has 1 heterocycles. The van der Waals surface area contributed by atoms with Crippen molar-refractivity contribution in [3.8, 4) is 0 Å². The van der Waals surface area contributed by atoms with E-state index in [0.717, 1.165) is 30.7 Å². The van der Waals surface area contributed by atoms with Crippen LogP contribution in [0.25, 0.3) is 0 Å². The Morgan fingerprint density at radius 1 is 1.35 bits per heavy atom. The first-order valence-electron chi connectivity index (χ1n) is 9.04. The smallest absolute Gasteiger partial charge is 0.324 e. The van der Waals surface area contributed by atoms with E-state index in [2.05, 4.69) is 9.29 Å². The Morgan fingerprint density at radius 3 is 2.58 bits per heavy atom. The first kappa shape index (κ1) is 20.6. The highest BCUT2D eigenvalue weighted by atomic mass is 32.2. The number of ether oxygens (including phenoxy) is 1. The third kappa shape index (κ3) is 5.17. The number of carbonyl (C=O) groups excluding carboxylic acids is 2. The first-order chi connectivity index (χ1) is 12.2. The van der Waals surface area contributed by atoms with E-state index in [1.165, 1.54) is 6.92 Å². The van der Waals surface area contributed by atoms with Gasteiger partial charge in [0, 0.05) is 23.0 Å². The molecule has 1 aliphatic carbocycles. The van der Waals surface area contributed by atoms with E-state index < -0.39 is 28.6 Å². The van der Waals surface area contributed by atoms with Gasteiger partial charge >= 0.3 is 5.97 Å². The van der Waals surface area contributed by atoms with Crippen molar-refractivity contribution in [3.63, 3.8) is 0 Å². The van der Waals surface area contributed by atoms with Gasteiger partial charge in [-0.1, -0.05) is 13.3 Å². The summed E-state index contributed by atoms with van der Waals surface area (Å²) in [7, 11) is -3.53. The van der Waals surface area contributed by atoms with Gasteiger partial charge in [0.1, 0.15) is 6.04 Å². The maximum atomic E-state index is 12.4. The number of rotatable bonds is 10. The molecule has 1 atom stereocenters. The minimum Gasteiger partial charge on any atom is -0.456 e. The van der Waals surface area contributed by atoms with Gasteiger partial charge in [0.2, 0.25) is 15.8 Å². The van der Waals surface area contributed by atoms with Crippen LogP contribution in [0.2, 0.25) is 0 Å². The topological polar surface area (TPSA) is 94.5 Å². The summed E-state index contributed by atoms with van der Waals surface area (Å²) in [6.07, 6.45) is 3.50. The second kappa shape index (κ2) is 8.35. The van der Waals surface area contributed by atoms with Gasteiger partial charge in [-0.2, -0.15) is 0 Å². The Kier molecular flexibility index (Phi) is 6.63. The zero-order valence-corrected chi connectivity index (χ0v) is 16.7. The number of aromatic nitrogens is 1. The number of carbonyl (C=O) groups is 2. The minimum absolute atomic E-state index is 0.0345. The van der Waals surface area contributed by atoms with Crippen LogP contribution >= 0.6 is 0 Å². The van der Waals surface area contributed by atoms with Crippen LogP contribution < -0.4 is 4.72 Å². The van der Waals surface area contributed by atoms with E-state index in [4.69, 9.17) is 4.74 Å². The number of nitrogens with zero attached hydrogens (tertiary/aromatic N) is 1. The molecule has 1 fully saturated rings. The molecule has 0 aliphatic heterocycles. The van der Waals surface area contributed by atoms with Crippen LogP contribution in [-0.4, -0.2) is 43.1 Å². The van der Waals surface area contributed by atoms with E-state index in [-0.39, 0.29) is 11.5 Å². The molecule has 7 nitrogen and oxygen atoms in total. The van der Waals surface area contributed by atoms with Crippen LogP contribution in [0.1, 0.15) is 67.3 Å². The number of nitrogens with one attached hydrogen (secondary N) is 1. The molecule has 8 heteroatoms. The van der Waals surface area contributed by atoms with Crippen LogP contribution in [0.5, 0.6) is 0 Å². The van der Waals surface area contributed by atoms with Crippen LogP contribution in [0.4, 0.5) is 0 Å². The maximum absolute atomic E-state index is 12.4. The SMILES string of the molecule is CCCCS(=O)(=O)N[C@@H](C)C(=O)OCC(=O)c1cc(C)n(C2CC2)c1C. The Bertz CT molecular complexity index is 778. The molecule has 1 N–H and O–H groups in total. The lowest BCUT2D eigenvalue weighted by Gasteiger charge is -2.13. The van der Waals surface area contributed by atoms with Crippen molar-refractivity contribution in [2.24, 2.45) is 0 Å². The molecular weight excluding hydrogens is 356 g/mol. The van der Waals surface area contributed by atoms with E-state index in [1.807, 2.05) is 26.8 Å². The van der Waals surface area contributed by atoms with Gasteiger partial charge in [-0.15, -0.1) is 0 Å². The summed E-state index contributed by atoms with van der Waals surface area (Å²) in [5, 5.41) is 0. The zero-order valence-electron chi connectivity index (χ0n) is 15.9. The van der Waals surface area contributed by atoms with Crippen molar-refractivity contribution in [1.29, 1.82) is 0 Å². The van der Waals surface area contributed by atoms with Crippen molar-refractivity contribution in [2.75, 3.05) is 12.4 Å². The molecule has 0 saturated heterocycles. The number of Topliss-reactive ketones (excluding diaryl/α,β-unsaturated/α-hetero) is 1. The number of unbranched alkanes of at least 4 members (excludes halogenated alkanes) is 1. The van der Waals surface area contributed by atoms with Gasteiger partial charge < -0.3 is 9.30 Å². The predicted molar refractivity (Wildman–Crippen MR) is 98.8 cm³/mol. The molecule has 0 aromatic carbocycles. The summed E-state index contributed by atoms with van der Waals surface area (Å²) in [4.78, 5) is 24.4. The van der Waals surface area contributed by atoms with E-state index in [1.54, 1.807) is 0 Å². The van der Waals surface area contributed by atoms with Crippen molar-refractivity contribution in [1.82, 2.24) is 9.29 Å². The standard InChI is InChI=1S/C18H28N2O5S/c1-5-6-9-26(23,24)19-13(3)18(22)25-11-17(21)16-10-12(2)20(14(16)4)15-7-8-15/h10,13,15,19H,5-9,11H2,1-4H3/t13-/m0/s1. The average Bonchev–Trinajstić information content (AvgIpc) is 3.35. The number of aryl methyl sites for hydroxylation is 1. The lowest BCUT2D eigenvalue weighted by molar-refractivity contribution is -0.144. The second-order valence-electron chi connectivity index (χ2n) is 6.93. The number of hydrogen-bond donors (Lipinski definition) is 1. The average molecular weight is 384 g/mol. The first-order valence-corrected chi connectivity index (χ1v) is 10.7. The van der Waals surface area contributed by atoms with Crippen LogP contribution in [0.3, 0.4) is 0 Å². The fraction of sp³-hybridized carbons (Fsp3) is 0.667. The third-order valence-corrected chi connectivity index (χ3v) is 6.06. The fourth-order valence-corrected chi connectivity index (χ4v) is 4.43. The number of ketones is 1. The lowest BCUT2D eigenvalue weighted by atomic mass is 10.1. The fourth-order valence-electron chi connectivity index (χ4n) is 3.00. The molecule has 0 unspecified atom stereocenters. The molecule has 2 rings (SSSR count). The summed E-state index contributed by atoms with van der Waals surface area (Å²) in [5.74, 6) is -1.07. The third-order valence-electron chi connectivity index (χ3n) is 4.52. The van der Waals surface area contributed by atoms with Crippen molar-refractivity contribution >= 4 is 21.8 Å². The van der Waals surface area contributed by atoms with Crippen LogP contribution in [-0.2, 0) is 19.6 Å². The Balaban J connectivity index is 1.90. The highest BCUT2D eigenvalue weighted by Crippen LogP contribution is 2.38. The minimum atomic E-state index is -3.53.